The smallest absolute Gasteiger partial charge is 0.338 e. The van der Waals surface area contributed by atoms with E-state index < -0.39 is 28.4 Å². The Morgan fingerprint density at radius 2 is 1.51 bits per heavy atom. The summed E-state index contributed by atoms with van der Waals surface area (Å²) in [5, 5.41) is 2.76. The van der Waals surface area contributed by atoms with Gasteiger partial charge in [-0.25, -0.2) is 13.2 Å². The molecule has 1 N–H and O–H groups in total. The van der Waals surface area contributed by atoms with Crippen molar-refractivity contribution in [1.82, 2.24) is 0 Å². The summed E-state index contributed by atoms with van der Waals surface area (Å²) in [6, 6.07) is 16.7. The first-order valence-electron chi connectivity index (χ1n) is 11.3. The zero-order valence-electron chi connectivity index (χ0n) is 20.6. The molecular formula is C27H30N2O5S. The van der Waals surface area contributed by atoms with Gasteiger partial charge in [0.1, 0.15) is 6.54 Å². The van der Waals surface area contributed by atoms with Gasteiger partial charge in [0.05, 0.1) is 22.8 Å². The molecule has 1 amide bonds. The van der Waals surface area contributed by atoms with Gasteiger partial charge in [-0.2, -0.15) is 0 Å². The quantitative estimate of drug-likeness (QED) is 0.448. The molecule has 7 nitrogen and oxygen atoms in total. The summed E-state index contributed by atoms with van der Waals surface area (Å²) in [5.74, 6) is -1.04. The lowest BCUT2D eigenvalue weighted by Gasteiger charge is -2.26. The number of carbonyl (C=O) groups is 2. The fourth-order valence-electron chi connectivity index (χ4n) is 3.64. The molecule has 3 aromatic rings. The van der Waals surface area contributed by atoms with Crippen LogP contribution in [0.1, 0.15) is 39.5 Å². The summed E-state index contributed by atoms with van der Waals surface area (Å²) in [5.41, 5.74) is 4.50. The minimum Gasteiger partial charge on any atom is -0.462 e. The van der Waals surface area contributed by atoms with E-state index in [4.69, 9.17) is 4.74 Å². The van der Waals surface area contributed by atoms with E-state index in [1.807, 2.05) is 32.9 Å². The van der Waals surface area contributed by atoms with Crippen LogP contribution >= 0.6 is 0 Å². The van der Waals surface area contributed by atoms with Gasteiger partial charge in [-0.1, -0.05) is 41.5 Å². The molecule has 0 spiro atoms. The summed E-state index contributed by atoms with van der Waals surface area (Å²) in [6.45, 7) is 8.89. The molecule has 0 saturated carbocycles. The molecule has 0 fully saturated rings. The number of nitrogens with one attached hydrogen (secondary N) is 1. The van der Waals surface area contributed by atoms with Crippen molar-refractivity contribution in [3.8, 4) is 0 Å². The zero-order valence-corrected chi connectivity index (χ0v) is 21.4. The highest BCUT2D eigenvalue weighted by Crippen LogP contribution is 2.28. The number of ether oxygens (including phenoxy) is 1. The maximum Gasteiger partial charge on any atom is 0.338 e. The molecule has 0 saturated heterocycles. The topological polar surface area (TPSA) is 92.8 Å². The molecule has 0 bridgehead atoms. The monoisotopic (exact) mass is 494 g/mol. The van der Waals surface area contributed by atoms with E-state index in [-0.39, 0.29) is 11.5 Å². The van der Waals surface area contributed by atoms with Crippen LogP contribution in [0.5, 0.6) is 0 Å². The number of rotatable bonds is 8. The van der Waals surface area contributed by atoms with Crippen LogP contribution in [0.25, 0.3) is 0 Å². The van der Waals surface area contributed by atoms with Crippen molar-refractivity contribution in [3.05, 3.63) is 88.5 Å². The molecule has 0 unspecified atom stereocenters. The van der Waals surface area contributed by atoms with Crippen LogP contribution in [0, 0.1) is 27.7 Å². The van der Waals surface area contributed by atoms with Gasteiger partial charge < -0.3 is 10.1 Å². The highest BCUT2D eigenvalue weighted by Gasteiger charge is 2.28. The summed E-state index contributed by atoms with van der Waals surface area (Å²) in [7, 11) is -4.03. The Hall–Kier alpha value is -3.65. The highest BCUT2D eigenvalue weighted by atomic mass is 32.2. The van der Waals surface area contributed by atoms with Crippen molar-refractivity contribution in [2.45, 2.75) is 39.5 Å². The lowest BCUT2D eigenvalue weighted by atomic mass is 10.1. The number of amides is 1. The first kappa shape index (κ1) is 26.0. The summed E-state index contributed by atoms with van der Waals surface area (Å²) in [6.07, 6.45) is 0. The largest absolute Gasteiger partial charge is 0.462 e. The predicted molar refractivity (Wildman–Crippen MR) is 137 cm³/mol. The maximum atomic E-state index is 13.6. The lowest BCUT2D eigenvalue weighted by Crippen LogP contribution is -2.38. The van der Waals surface area contributed by atoms with E-state index >= 15 is 0 Å². The number of hydrogen-bond acceptors (Lipinski definition) is 5. The second-order valence-corrected chi connectivity index (χ2v) is 10.3. The van der Waals surface area contributed by atoms with Gasteiger partial charge in [-0.3, -0.25) is 9.10 Å². The van der Waals surface area contributed by atoms with Crippen molar-refractivity contribution >= 4 is 33.3 Å². The first-order chi connectivity index (χ1) is 16.5. The third-order valence-electron chi connectivity index (χ3n) is 5.54. The number of anilines is 2. The number of nitrogens with zero attached hydrogens (tertiary/aromatic N) is 1. The van der Waals surface area contributed by atoms with Gasteiger partial charge in [-0.15, -0.1) is 0 Å². The van der Waals surface area contributed by atoms with Crippen LogP contribution in [0.15, 0.2) is 65.6 Å². The molecule has 8 heteroatoms. The highest BCUT2D eigenvalue weighted by molar-refractivity contribution is 7.92. The molecule has 0 aliphatic heterocycles. The third kappa shape index (κ3) is 6.08. The SMILES string of the molecule is CCOC(=O)c1ccc(C)c(NC(=O)CN(c2ccc(C)cc2C)S(=O)(=O)c2ccc(C)cc2)c1. The number of hydrogen-bond donors (Lipinski definition) is 1. The molecule has 0 atom stereocenters. The van der Waals surface area contributed by atoms with Gasteiger partial charge in [-0.05, 0) is 76.1 Å². The van der Waals surface area contributed by atoms with Crippen molar-refractivity contribution in [1.29, 1.82) is 0 Å². The summed E-state index contributed by atoms with van der Waals surface area (Å²) in [4.78, 5) is 25.3. The molecule has 0 heterocycles. The standard InChI is InChI=1S/C27H30N2O5S/c1-6-34-27(31)22-11-10-20(4)24(16-22)28-26(30)17-29(25-14-9-19(3)15-21(25)5)35(32,33)23-12-7-18(2)8-13-23/h7-16H,6,17H2,1-5H3,(H,28,30). The summed E-state index contributed by atoms with van der Waals surface area (Å²) >= 11 is 0. The van der Waals surface area contributed by atoms with E-state index in [2.05, 4.69) is 5.32 Å². The fraction of sp³-hybridized carbons (Fsp3) is 0.259. The van der Waals surface area contributed by atoms with E-state index in [0.717, 1.165) is 26.6 Å². The molecule has 3 aromatic carbocycles. The maximum absolute atomic E-state index is 13.6. The predicted octanol–water partition coefficient (Wildman–Crippen LogP) is 4.93. The van der Waals surface area contributed by atoms with Crippen LogP contribution in [0.4, 0.5) is 11.4 Å². The number of esters is 1. The molecule has 0 aromatic heterocycles. The van der Waals surface area contributed by atoms with Crippen molar-refractivity contribution in [2.75, 3.05) is 22.8 Å². The Morgan fingerprint density at radius 3 is 2.14 bits per heavy atom. The minimum absolute atomic E-state index is 0.0939. The Morgan fingerprint density at radius 1 is 0.857 bits per heavy atom. The molecule has 0 aliphatic rings. The number of aryl methyl sites for hydroxylation is 4. The van der Waals surface area contributed by atoms with Crippen molar-refractivity contribution in [3.63, 3.8) is 0 Å². The van der Waals surface area contributed by atoms with E-state index in [9.17, 15) is 18.0 Å². The normalized spacial score (nSPS) is 11.1. The van der Waals surface area contributed by atoms with Crippen molar-refractivity contribution in [2.24, 2.45) is 0 Å². The van der Waals surface area contributed by atoms with Crippen LogP contribution in [-0.4, -0.2) is 33.4 Å². The first-order valence-corrected chi connectivity index (χ1v) is 12.7. The van der Waals surface area contributed by atoms with Gasteiger partial charge in [0.25, 0.3) is 10.0 Å². The van der Waals surface area contributed by atoms with Crippen LogP contribution in [0.3, 0.4) is 0 Å². The lowest BCUT2D eigenvalue weighted by molar-refractivity contribution is -0.114. The summed E-state index contributed by atoms with van der Waals surface area (Å²) < 4.78 is 33.4. The average Bonchev–Trinajstić information content (AvgIpc) is 2.80. The number of sulfonamides is 1. The van der Waals surface area contributed by atoms with E-state index in [1.165, 1.54) is 18.2 Å². The molecular weight excluding hydrogens is 464 g/mol. The minimum atomic E-state index is -4.03. The Kier molecular flexibility index (Phi) is 7.96. The van der Waals surface area contributed by atoms with Gasteiger partial charge in [0.2, 0.25) is 5.91 Å². The molecule has 35 heavy (non-hydrogen) atoms. The number of carbonyl (C=O) groups excluding carboxylic acids is 2. The van der Waals surface area contributed by atoms with Gasteiger partial charge in [0.15, 0.2) is 0 Å². The van der Waals surface area contributed by atoms with E-state index in [1.54, 1.807) is 44.2 Å². The Bertz CT molecular complexity index is 1350. The number of benzene rings is 3. The molecule has 0 radical (unpaired) electrons. The van der Waals surface area contributed by atoms with Gasteiger partial charge in [0, 0.05) is 5.69 Å². The Balaban J connectivity index is 1.97. The zero-order chi connectivity index (χ0) is 25.8. The fourth-order valence-corrected chi connectivity index (χ4v) is 5.13. The van der Waals surface area contributed by atoms with Crippen LogP contribution in [-0.2, 0) is 19.6 Å². The molecule has 0 aliphatic carbocycles. The third-order valence-corrected chi connectivity index (χ3v) is 7.31. The van der Waals surface area contributed by atoms with Crippen molar-refractivity contribution < 1.29 is 22.7 Å². The Labute approximate surface area is 206 Å². The van der Waals surface area contributed by atoms with Crippen LogP contribution in [0.2, 0.25) is 0 Å². The second-order valence-electron chi connectivity index (χ2n) is 8.41. The molecule has 184 valence electrons. The average molecular weight is 495 g/mol. The van der Waals surface area contributed by atoms with Crippen LogP contribution < -0.4 is 9.62 Å². The van der Waals surface area contributed by atoms with E-state index in [0.29, 0.717) is 16.9 Å². The van der Waals surface area contributed by atoms with Gasteiger partial charge >= 0.3 is 5.97 Å². The second kappa shape index (κ2) is 10.7. The molecule has 3 rings (SSSR count).